The largest absolute Gasteiger partial charge is 0.479 e. The first-order valence-electron chi connectivity index (χ1n) is 3.15. The molecule has 1 aliphatic rings. The number of likely N-dealkylation sites (N-methyl/N-ethyl adjacent to an activating group) is 1. The van der Waals surface area contributed by atoms with Crippen molar-refractivity contribution in [2.45, 2.75) is 13.2 Å². The molecule has 2 nitrogen and oxygen atoms in total. The van der Waals surface area contributed by atoms with Gasteiger partial charge in [0.25, 0.3) is 0 Å². The molecule has 0 aliphatic carbocycles. The van der Waals surface area contributed by atoms with Crippen LogP contribution in [0.25, 0.3) is 0 Å². The second-order valence-electron chi connectivity index (χ2n) is 1.83. The minimum Gasteiger partial charge on any atom is -0.479 e. The zero-order chi connectivity index (χ0) is 6.53. The van der Waals surface area contributed by atoms with E-state index in [1.165, 1.54) is 0 Å². The number of hydrogen-bond donors (Lipinski definition) is 1. The summed E-state index contributed by atoms with van der Waals surface area (Å²) in [5, 5.41) is 3.12. The molecule has 1 rings (SSSR count). The number of hydrogen-bond acceptors (Lipinski definition) is 2. The molecule has 1 unspecified atom stereocenters. The molecule has 0 bridgehead atoms. The molecule has 2 heteroatoms. The summed E-state index contributed by atoms with van der Waals surface area (Å²) >= 11 is 0. The van der Waals surface area contributed by atoms with Crippen molar-refractivity contribution in [1.82, 2.24) is 5.32 Å². The standard InChI is InChI=1S/C7H11NO/c1-2-8-7-5-3-4-6-9-7/h3-8H,2H2,1H3. The van der Waals surface area contributed by atoms with E-state index in [-0.39, 0.29) is 6.23 Å². The number of rotatable bonds is 2. The Hall–Kier alpha value is -0.760. The molecule has 1 N–H and O–H groups in total. The van der Waals surface area contributed by atoms with Gasteiger partial charge in [-0.25, -0.2) is 0 Å². The summed E-state index contributed by atoms with van der Waals surface area (Å²) in [6.07, 6.45) is 7.58. The van der Waals surface area contributed by atoms with E-state index in [1.807, 2.05) is 18.2 Å². The van der Waals surface area contributed by atoms with E-state index in [0.29, 0.717) is 0 Å². The summed E-state index contributed by atoms with van der Waals surface area (Å²) in [6, 6.07) is 0. The summed E-state index contributed by atoms with van der Waals surface area (Å²) in [6.45, 7) is 2.98. The zero-order valence-electron chi connectivity index (χ0n) is 5.50. The molecule has 0 amide bonds. The van der Waals surface area contributed by atoms with Crippen molar-refractivity contribution in [3.05, 3.63) is 24.5 Å². The predicted molar refractivity (Wildman–Crippen MR) is 36.8 cm³/mol. The maximum atomic E-state index is 5.14. The van der Waals surface area contributed by atoms with Crippen molar-refractivity contribution >= 4 is 0 Å². The van der Waals surface area contributed by atoms with Crippen molar-refractivity contribution in [3.8, 4) is 0 Å². The Bertz CT molecular complexity index is 129. The third-order valence-corrected chi connectivity index (χ3v) is 1.11. The highest BCUT2D eigenvalue weighted by atomic mass is 16.5. The van der Waals surface area contributed by atoms with Crippen LogP contribution in [0.5, 0.6) is 0 Å². The Kier molecular flexibility index (Phi) is 2.33. The van der Waals surface area contributed by atoms with Crippen molar-refractivity contribution in [2.75, 3.05) is 6.54 Å². The topological polar surface area (TPSA) is 21.3 Å². The van der Waals surface area contributed by atoms with Gasteiger partial charge in [-0.3, -0.25) is 5.32 Å². The van der Waals surface area contributed by atoms with Gasteiger partial charge in [0.2, 0.25) is 0 Å². The highest BCUT2D eigenvalue weighted by Crippen LogP contribution is 1.97. The van der Waals surface area contributed by atoms with Crippen LogP contribution in [0.1, 0.15) is 6.92 Å². The Morgan fingerprint density at radius 1 is 1.56 bits per heavy atom. The molecule has 0 aromatic rings. The fraction of sp³-hybridized carbons (Fsp3) is 0.429. The molecule has 1 atom stereocenters. The first kappa shape index (κ1) is 6.36. The summed E-state index contributed by atoms with van der Waals surface area (Å²) in [5.41, 5.74) is 0. The van der Waals surface area contributed by atoms with E-state index in [4.69, 9.17) is 4.74 Å². The number of allylic oxidation sites excluding steroid dienone is 2. The normalized spacial score (nSPS) is 23.9. The van der Waals surface area contributed by atoms with E-state index in [1.54, 1.807) is 6.26 Å². The molecule has 50 valence electrons. The minimum atomic E-state index is 0.0833. The average molecular weight is 125 g/mol. The van der Waals surface area contributed by atoms with Crippen LogP contribution in [-0.4, -0.2) is 12.8 Å². The van der Waals surface area contributed by atoms with Crippen molar-refractivity contribution < 1.29 is 4.74 Å². The van der Waals surface area contributed by atoms with Gasteiger partial charge in [0, 0.05) is 0 Å². The van der Waals surface area contributed by atoms with E-state index in [2.05, 4.69) is 12.2 Å². The molecule has 0 aromatic heterocycles. The lowest BCUT2D eigenvalue weighted by Crippen LogP contribution is -2.28. The van der Waals surface area contributed by atoms with Gasteiger partial charge in [-0.15, -0.1) is 0 Å². The molecule has 0 radical (unpaired) electrons. The first-order chi connectivity index (χ1) is 4.43. The van der Waals surface area contributed by atoms with Gasteiger partial charge in [-0.1, -0.05) is 13.0 Å². The Labute approximate surface area is 55.2 Å². The Morgan fingerprint density at radius 3 is 3.00 bits per heavy atom. The van der Waals surface area contributed by atoms with E-state index in [0.717, 1.165) is 6.54 Å². The maximum absolute atomic E-state index is 5.14. The molecule has 0 spiro atoms. The first-order valence-corrected chi connectivity index (χ1v) is 3.15. The van der Waals surface area contributed by atoms with Gasteiger partial charge in [0.1, 0.15) is 0 Å². The highest BCUT2D eigenvalue weighted by molar-refractivity contribution is 5.06. The van der Waals surface area contributed by atoms with Gasteiger partial charge < -0.3 is 4.74 Å². The van der Waals surface area contributed by atoms with Crippen LogP contribution in [-0.2, 0) is 4.74 Å². The second kappa shape index (κ2) is 3.30. The lowest BCUT2D eigenvalue weighted by Gasteiger charge is -2.14. The van der Waals surface area contributed by atoms with Gasteiger partial charge in [-0.05, 0) is 18.7 Å². The van der Waals surface area contributed by atoms with Gasteiger partial charge in [0.05, 0.1) is 6.26 Å². The summed E-state index contributed by atoms with van der Waals surface area (Å²) in [4.78, 5) is 0. The van der Waals surface area contributed by atoms with Crippen LogP contribution in [0, 0.1) is 0 Å². The second-order valence-corrected chi connectivity index (χ2v) is 1.83. The van der Waals surface area contributed by atoms with E-state index in [9.17, 15) is 0 Å². The van der Waals surface area contributed by atoms with Crippen LogP contribution >= 0.6 is 0 Å². The van der Waals surface area contributed by atoms with Crippen LogP contribution in [0.2, 0.25) is 0 Å². The van der Waals surface area contributed by atoms with Crippen LogP contribution in [0.15, 0.2) is 24.5 Å². The molecule has 0 aromatic carbocycles. The summed E-state index contributed by atoms with van der Waals surface area (Å²) < 4.78 is 5.14. The average Bonchev–Trinajstić information content (AvgIpc) is 1.91. The third kappa shape index (κ3) is 1.90. The lowest BCUT2D eigenvalue weighted by molar-refractivity contribution is 0.152. The highest BCUT2D eigenvalue weighted by Gasteiger charge is 2.00. The van der Waals surface area contributed by atoms with Gasteiger partial charge >= 0.3 is 0 Å². The number of nitrogens with one attached hydrogen (secondary N) is 1. The molecule has 0 saturated heterocycles. The molecule has 0 saturated carbocycles. The monoisotopic (exact) mass is 125 g/mol. The van der Waals surface area contributed by atoms with Crippen LogP contribution < -0.4 is 5.32 Å². The molecule has 9 heavy (non-hydrogen) atoms. The number of ether oxygens (including phenoxy) is 1. The fourth-order valence-corrected chi connectivity index (χ4v) is 0.703. The molecular weight excluding hydrogens is 114 g/mol. The summed E-state index contributed by atoms with van der Waals surface area (Å²) in [5.74, 6) is 0. The SMILES string of the molecule is CCNC1C=CC=CO1. The van der Waals surface area contributed by atoms with Crippen molar-refractivity contribution in [3.63, 3.8) is 0 Å². The maximum Gasteiger partial charge on any atom is 0.168 e. The van der Waals surface area contributed by atoms with Crippen LogP contribution in [0.4, 0.5) is 0 Å². The van der Waals surface area contributed by atoms with E-state index >= 15 is 0 Å². The molecule has 1 heterocycles. The zero-order valence-corrected chi connectivity index (χ0v) is 5.50. The molecule has 0 fully saturated rings. The Balaban J connectivity index is 2.28. The third-order valence-electron chi connectivity index (χ3n) is 1.11. The Morgan fingerprint density at radius 2 is 2.44 bits per heavy atom. The summed E-state index contributed by atoms with van der Waals surface area (Å²) in [7, 11) is 0. The molecular formula is C7H11NO. The molecule has 1 aliphatic heterocycles. The van der Waals surface area contributed by atoms with E-state index < -0.39 is 0 Å². The minimum absolute atomic E-state index is 0.0833. The fourth-order valence-electron chi connectivity index (χ4n) is 0.703. The van der Waals surface area contributed by atoms with Crippen molar-refractivity contribution in [2.24, 2.45) is 0 Å². The van der Waals surface area contributed by atoms with Gasteiger partial charge in [-0.2, -0.15) is 0 Å². The lowest BCUT2D eigenvalue weighted by atomic mass is 10.4. The van der Waals surface area contributed by atoms with Crippen molar-refractivity contribution in [1.29, 1.82) is 0 Å². The van der Waals surface area contributed by atoms with Gasteiger partial charge in [0.15, 0.2) is 6.23 Å². The van der Waals surface area contributed by atoms with Crippen LogP contribution in [0.3, 0.4) is 0 Å². The predicted octanol–water partition coefficient (Wildman–Crippen LogP) is 1.02. The quantitative estimate of drug-likeness (QED) is 0.595. The smallest absolute Gasteiger partial charge is 0.168 e.